The summed E-state index contributed by atoms with van der Waals surface area (Å²) in [5.41, 5.74) is 1.78. The van der Waals surface area contributed by atoms with Crippen LogP contribution in [0.4, 0.5) is 0 Å². The lowest BCUT2D eigenvalue weighted by atomic mass is 10.2. The maximum Gasteiger partial charge on any atom is 0.291 e. The van der Waals surface area contributed by atoms with Gasteiger partial charge in [-0.05, 0) is 33.3 Å². The molecular formula is C13H19N5O. The van der Waals surface area contributed by atoms with E-state index in [1.165, 1.54) is 0 Å². The lowest BCUT2D eigenvalue weighted by molar-refractivity contribution is 0.0928. The summed E-state index contributed by atoms with van der Waals surface area (Å²) in [6.45, 7) is 7.87. The van der Waals surface area contributed by atoms with Crippen molar-refractivity contribution in [2.24, 2.45) is 0 Å². The zero-order valence-electron chi connectivity index (χ0n) is 11.8. The molecule has 6 heteroatoms. The highest BCUT2D eigenvalue weighted by Crippen LogP contribution is 2.05. The van der Waals surface area contributed by atoms with Crippen molar-refractivity contribution in [1.82, 2.24) is 24.9 Å². The molecule has 2 aromatic heterocycles. The summed E-state index contributed by atoms with van der Waals surface area (Å²) in [6, 6.07) is 2.03. The van der Waals surface area contributed by atoms with Crippen LogP contribution in [-0.2, 0) is 0 Å². The highest BCUT2D eigenvalue weighted by molar-refractivity contribution is 5.91. The van der Waals surface area contributed by atoms with E-state index in [0.717, 1.165) is 24.2 Å². The SMILES string of the molecule is CCC[C@@H](C)NC(=O)c1nc2nc(C)cc(C)n2n1. The van der Waals surface area contributed by atoms with Gasteiger partial charge >= 0.3 is 0 Å². The highest BCUT2D eigenvalue weighted by atomic mass is 16.2. The van der Waals surface area contributed by atoms with Gasteiger partial charge < -0.3 is 5.32 Å². The number of nitrogens with zero attached hydrogens (tertiary/aromatic N) is 4. The molecule has 2 rings (SSSR count). The van der Waals surface area contributed by atoms with Gasteiger partial charge in [-0.1, -0.05) is 13.3 Å². The summed E-state index contributed by atoms with van der Waals surface area (Å²) in [5, 5.41) is 7.08. The minimum atomic E-state index is -0.247. The van der Waals surface area contributed by atoms with E-state index in [2.05, 4.69) is 27.3 Å². The van der Waals surface area contributed by atoms with Crippen LogP contribution in [0.15, 0.2) is 6.07 Å². The number of aromatic nitrogens is 4. The van der Waals surface area contributed by atoms with Crippen molar-refractivity contribution in [3.63, 3.8) is 0 Å². The third kappa shape index (κ3) is 2.89. The van der Waals surface area contributed by atoms with Crippen molar-refractivity contribution < 1.29 is 4.79 Å². The Labute approximate surface area is 112 Å². The normalized spacial score (nSPS) is 12.6. The molecule has 0 bridgehead atoms. The molecule has 1 amide bonds. The Hall–Kier alpha value is -1.98. The number of rotatable bonds is 4. The molecule has 1 atom stereocenters. The third-order valence-corrected chi connectivity index (χ3v) is 2.92. The number of hydrogen-bond acceptors (Lipinski definition) is 4. The van der Waals surface area contributed by atoms with E-state index in [1.54, 1.807) is 4.52 Å². The summed E-state index contributed by atoms with van der Waals surface area (Å²) < 4.78 is 1.59. The smallest absolute Gasteiger partial charge is 0.291 e. The van der Waals surface area contributed by atoms with Gasteiger partial charge in [-0.2, -0.15) is 4.98 Å². The fraction of sp³-hybridized carbons (Fsp3) is 0.538. The standard InChI is InChI=1S/C13H19N5O/c1-5-6-8(2)14-12(19)11-16-13-15-9(3)7-10(4)18(13)17-11/h7-8H,5-6H2,1-4H3,(H,14,19)/t8-/m1/s1. The summed E-state index contributed by atoms with van der Waals surface area (Å²) in [5.74, 6) is 0.387. The average Bonchev–Trinajstić information content (AvgIpc) is 2.73. The van der Waals surface area contributed by atoms with Crippen LogP contribution in [0.3, 0.4) is 0 Å². The molecule has 0 radical (unpaired) electrons. The quantitative estimate of drug-likeness (QED) is 0.908. The highest BCUT2D eigenvalue weighted by Gasteiger charge is 2.16. The summed E-state index contributed by atoms with van der Waals surface area (Å²) in [4.78, 5) is 20.5. The van der Waals surface area contributed by atoms with Gasteiger partial charge in [0.05, 0.1) is 0 Å². The fourth-order valence-corrected chi connectivity index (χ4v) is 2.06. The van der Waals surface area contributed by atoms with Crippen molar-refractivity contribution in [2.45, 2.75) is 46.6 Å². The number of hydrogen-bond donors (Lipinski definition) is 1. The van der Waals surface area contributed by atoms with Gasteiger partial charge in [0.15, 0.2) is 0 Å². The van der Waals surface area contributed by atoms with Crippen LogP contribution in [0.1, 0.15) is 48.7 Å². The van der Waals surface area contributed by atoms with E-state index in [-0.39, 0.29) is 17.8 Å². The number of carbonyl (C=O) groups is 1. The van der Waals surface area contributed by atoms with Crippen LogP contribution in [0.25, 0.3) is 5.78 Å². The second kappa shape index (κ2) is 5.34. The van der Waals surface area contributed by atoms with Gasteiger partial charge in [0.2, 0.25) is 5.82 Å². The molecule has 2 aromatic rings. The zero-order chi connectivity index (χ0) is 14.0. The Bertz CT molecular complexity index is 604. The van der Waals surface area contributed by atoms with Crippen molar-refractivity contribution in [1.29, 1.82) is 0 Å². The largest absolute Gasteiger partial charge is 0.347 e. The first-order valence-corrected chi connectivity index (χ1v) is 6.53. The van der Waals surface area contributed by atoms with E-state index in [1.807, 2.05) is 26.8 Å². The number of carbonyl (C=O) groups excluding carboxylic acids is 1. The molecule has 2 heterocycles. The molecule has 0 aliphatic rings. The Morgan fingerprint density at radius 3 is 2.84 bits per heavy atom. The van der Waals surface area contributed by atoms with E-state index in [9.17, 15) is 4.79 Å². The van der Waals surface area contributed by atoms with Gasteiger partial charge in [-0.15, -0.1) is 5.10 Å². The predicted octanol–water partition coefficient (Wildman–Crippen LogP) is 1.66. The van der Waals surface area contributed by atoms with Crippen molar-refractivity contribution in [2.75, 3.05) is 0 Å². The topological polar surface area (TPSA) is 72.2 Å². The monoisotopic (exact) mass is 261 g/mol. The molecule has 0 spiro atoms. The number of amides is 1. The predicted molar refractivity (Wildman–Crippen MR) is 72.1 cm³/mol. The van der Waals surface area contributed by atoms with Gasteiger partial charge in [-0.3, -0.25) is 4.79 Å². The first-order valence-electron chi connectivity index (χ1n) is 6.53. The molecule has 0 unspecified atom stereocenters. The van der Waals surface area contributed by atoms with Gasteiger partial charge in [0.25, 0.3) is 11.7 Å². The van der Waals surface area contributed by atoms with Crippen LogP contribution >= 0.6 is 0 Å². The summed E-state index contributed by atoms with van der Waals surface area (Å²) in [6.07, 6.45) is 1.97. The number of fused-ring (bicyclic) bond motifs is 1. The maximum atomic E-state index is 12.0. The minimum absolute atomic E-state index is 0.125. The fourth-order valence-electron chi connectivity index (χ4n) is 2.06. The molecule has 0 aromatic carbocycles. The Kier molecular flexibility index (Phi) is 3.78. The molecule has 102 valence electrons. The summed E-state index contributed by atoms with van der Waals surface area (Å²) >= 11 is 0. The minimum Gasteiger partial charge on any atom is -0.347 e. The maximum absolute atomic E-state index is 12.0. The zero-order valence-corrected chi connectivity index (χ0v) is 11.8. The van der Waals surface area contributed by atoms with Crippen molar-refractivity contribution in [3.05, 3.63) is 23.3 Å². The average molecular weight is 261 g/mol. The van der Waals surface area contributed by atoms with Crippen LogP contribution in [0.5, 0.6) is 0 Å². The van der Waals surface area contributed by atoms with E-state index < -0.39 is 0 Å². The van der Waals surface area contributed by atoms with Gasteiger partial charge in [0.1, 0.15) is 0 Å². The van der Waals surface area contributed by atoms with E-state index in [4.69, 9.17) is 0 Å². The van der Waals surface area contributed by atoms with Gasteiger partial charge in [0, 0.05) is 17.4 Å². The first-order chi connectivity index (χ1) is 9.01. The van der Waals surface area contributed by atoms with Crippen molar-refractivity contribution in [3.8, 4) is 0 Å². The first kappa shape index (κ1) is 13.5. The Balaban J connectivity index is 2.26. The molecule has 0 saturated heterocycles. The summed E-state index contributed by atoms with van der Waals surface area (Å²) in [7, 11) is 0. The van der Waals surface area contributed by atoms with Crippen LogP contribution in [0.2, 0.25) is 0 Å². The molecular weight excluding hydrogens is 242 g/mol. The molecule has 0 fully saturated rings. The second-order valence-electron chi connectivity index (χ2n) is 4.85. The van der Waals surface area contributed by atoms with Gasteiger partial charge in [-0.25, -0.2) is 9.50 Å². The third-order valence-electron chi connectivity index (χ3n) is 2.92. The van der Waals surface area contributed by atoms with E-state index in [0.29, 0.717) is 5.78 Å². The second-order valence-corrected chi connectivity index (χ2v) is 4.85. The Morgan fingerprint density at radius 2 is 2.16 bits per heavy atom. The van der Waals surface area contributed by atoms with Crippen molar-refractivity contribution >= 4 is 11.7 Å². The van der Waals surface area contributed by atoms with Crippen LogP contribution in [-0.4, -0.2) is 31.5 Å². The Morgan fingerprint density at radius 1 is 1.42 bits per heavy atom. The molecule has 6 nitrogen and oxygen atoms in total. The van der Waals surface area contributed by atoms with E-state index >= 15 is 0 Å². The lowest BCUT2D eigenvalue weighted by Gasteiger charge is -2.10. The van der Waals surface area contributed by atoms with Crippen LogP contribution < -0.4 is 5.32 Å². The molecule has 0 aliphatic heterocycles. The number of aryl methyl sites for hydroxylation is 2. The number of nitrogens with one attached hydrogen (secondary N) is 1. The lowest BCUT2D eigenvalue weighted by Crippen LogP contribution is -2.33. The molecule has 19 heavy (non-hydrogen) atoms. The van der Waals surface area contributed by atoms with Crippen LogP contribution in [0, 0.1) is 13.8 Å². The molecule has 0 aliphatic carbocycles. The molecule has 1 N–H and O–H groups in total. The molecule has 0 saturated carbocycles.